The molecule has 0 aromatic heterocycles. The molecule has 0 amide bonds. The Morgan fingerprint density at radius 3 is 2.82 bits per heavy atom. The smallest absolute Gasteiger partial charge is 0.327 e. The van der Waals surface area contributed by atoms with Crippen molar-refractivity contribution in [1.82, 2.24) is 5.32 Å². The van der Waals surface area contributed by atoms with Crippen molar-refractivity contribution in [3.05, 3.63) is 29.6 Å². The largest absolute Gasteiger partial charge is 0.505 e. The lowest BCUT2D eigenvalue weighted by Gasteiger charge is -2.16. The quantitative estimate of drug-likeness (QED) is 0.771. The fraction of sp³-hybridized carbons (Fsp3) is 0.417. The molecule has 2 N–H and O–H groups in total. The van der Waals surface area contributed by atoms with Gasteiger partial charge >= 0.3 is 5.97 Å². The van der Waals surface area contributed by atoms with Gasteiger partial charge in [-0.2, -0.15) is 0 Å². The summed E-state index contributed by atoms with van der Waals surface area (Å²) in [4.78, 5) is 11.5. The fourth-order valence-corrected chi connectivity index (χ4v) is 1.45. The minimum Gasteiger partial charge on any atom is -0.505 e. The molecule has 0 aliphatic rings. The van der Waals surface area contributed by atoms with Crippen LogP contribution < -0.4 is 5.32 Å². The maximum absolute atomic E-state index is 13.2. The molecular weight excluding hydrogens is 225 g/mol. The van der Waals surface area contributed by atoms with Crippen LogP contribution in [0.3, 0.4) is 0 Å². The molecular formula is C12H16FNO3. The minimum atomic E-state index is -0.755. The first kappa shape index (κ1) is 13.4. The van der Waals surface area contributed by atoms with E-state index in [0.29, 0.717) is 12.1 Å². The van der Waals surface area contributed by atoms with E-state index in [0.717, 1.165) is 12.5 Å². The fourth-order valence-electron chi connectivity index (χ4n) is 1.45. The van der Waals surface area contributed by atoms with E-state index in [1.165, 1.54) is 19.2 Å². The van der Waals surface area contributed by atoms with Gasteiger partial charge in [0.15, 0.2) is 11.6 Å². The molecule has 0 aliphatic heterocycles. The second kappa shape index (κ2) is 6.20. The van der Waals surface area contributed by atoms with Crippen molar-refractivity contribution in [2.75, 3.05) is 13.7 Å². The first-order valence-corrected chi connectivity index (χ1v) is 5.39. The molecule has 4 nitrogen and oxygen atoms in total. The maximum atomic E-state index is 13.2. The van der Waals surface area contributed by atoms with Gasteiger partial charge in [0.1, 0.15) is 6.04 Å². The summed E-state index contributed by atoms with van der Waals surface area (Å²) >= 11 is 0. The van der Waals surface area contributed by atoms with Gasteiger partial charge in [-0.25, -0.2) is 9.18 Å². The van der Waals surface area contributed by atoms with E-state index in [9.17, 15) is 9.18 Å². The Morgan fingerprint density at radius 1 is 1.59 bits per heavy atom. The number of methoxy groups -OCH3 is 1. The molecule has 0 fully saturated rings. The van der Waals surface area contributed by atoms with E-state index in [1.807, 2.05) is 6.92 Å². The van der Waals surface area contributed by atoms with Gasteiger partial charge in [-0.05, 0) is 30.7 Å². The number of nitrogens with one attached hydrogen (secondary N) is 1. The van der Waals surface area contributed by atoms with E-state index < -0.39 is 23.6 Å². The average molecular weight is 241 g/mol. The number of carbonyl (C=O) groups is 1. The highest BCUT2D eigenvalue weighted by molar-refractivity contribution is 5.77. The van der Waals surface area contributed by atoms with Crippen LogP contribution in [0, 0.1) is 5.82 Å². The molecule has 17 heavy (non-hydrogen) atoms. The van der Waals surface area contributed by atoms with Gasteiger partial charge in [0.05, 0.1) is 7.11 Å². The maximum Gasteiger partial charge on any atom is 0.327 e. The standard InChI is InChI=1S/C12H16FNO3/c1-3-6-14-11(12(16)17-2)8-4-5-10(15)9(13)7-8/h4-5,7,11,14-15H,3,6H2,1-2H3. The zero-order valence-corrected chi connectivity index (χ0v) is 9.87. The Kier molecular flexibility index (Phi) is 4.90. The van der Waals surface area contributed by atoms with Crippen LogP contribution in [0.2, 0.25) is 0 Å². The summed E-state index contributed by atoms with van der Waals surface area (Å²) in [7, 11) is 1.28. The number of aromatic hydroxyl groups is 1. The Balaban J connectivity index is 2.95. The van der Waals surface area contributed by atoms with Crippen molar-refractivity contribution in [3.63, 3.8) is 0 Å². The first-order valence-electron chi connectivity index (χ1n) is 5.39. The number of phenolic OH excluding ortho intramolecular Hbond substituents is 1. The molecule has 1 rings (SSSR count). The third-order valence-electron chi connectivity index (χ3n) is 2.34. The monoisotopic (exact) mass is 241 g/mol. The molecule has 1 atom stereocenters. The van der Waals surface area contributed by atoms with Crippen molar-refractivity contribution in [2.45, 2.75) is 19.4 Å². The lowest BCUT2D eigenvalue weighted by Crippen LogP contribution is -2.30. The van der Waals surface area contributed by atoms with Crippen molar-refractivity contribution in [2.24, 2.45) is 0 Å². The highest BCUT2D eigenvalue weighted by atomic mass is 19.1. The SMILES string of the molecule is CCCNC(C(=O)OC)c1ccc(O)c(F)c1. The zero-order chi connectivity index (χ0) is 12.8. The van der Waals surface area contributed by atoms with E-state index in [-0.39, 0.29) is 0 Å². The van der Waals surface area contributed by atoms with Crippen LogP contribution in [0.15, 0.2) is 18.2 Å². The highest BCUT2D eigenvalue weighted by Gasteiger charge is 2.21. The van der Waals surface area contributed by atoms with Crippen molar-refractivity contribution in [3.8, 4) is 5.75 Å². The molecule has 1 unspecified atom stereocenters. The van der Waals surface area contributed by atoms with E-state index in [2.05, 4.69) is 10.1 Å². The molecule has 1 aromatic carbocycles. The minimum absolute atomic E-state index is 0.431. The summed E-state index contributed by atoms with van der Waals surface area (Å²) in [6.45, 7) is 2.57. The summed E-state index contributed by atoms with van der Waals surface area (Å²) in [6.07, 6.45) is 0.841. The second-order valence-corrected chi connectivity index (χ2v) is 3.62. The lowest BCUT2D eigenvalue weighted by atomic mass is 10.1. The summed E-state index contributed by atoms with van der Waals surface area (Å²) in [5.74, 6) is -1.67. The van der Waals surface area contributed by atoms with E-state index in [4.69, 9.17) is 5.11 Å². The highest BCUT2D eigenvalue weighted by Crippen LogP contribution is 2.21. The molecule has 94 valence electrons. The number of rotatable bonds is 5. The molecule has 5 heteroatoms. The van der Waals surface area contributed by atoms with Gasteiger partial charge in [0.25, 0.3) is 0 Å². The van der Waals surface area contributed by atoms with Crippen LogP contribution in [0.5, 0.6) is 5.75 Å². The Bertz CT molecular complexity index is 395. The van der Waals surface area contributed by atoms with Crippen molar-refractivity contribution < 1.29 is 19.0 Å². The van der Waals surface area contributed by atoms with Crippen LogP contribution in [-0.4, -0.2) is 24.7 Å². The normalized spacial score (nSPS) is 12.2. The summed E-state index contributed by atoms with van der Waals surface area (Å²) in [5, 5.41) is 12.0. The van der Waals surface area contributed by atoms with Crippen LogP contribution in [-0.2, 0) is 9.53 Å². The molecule has 1 aromatic rings. The number of esters is 1. The Labute approximate surface area is 99.4 Å². The molecule has 0 saturated carbocycles. The van der Waals surface area contributed by atoms with E-state index >= 15 is 0 Å². The molecule has 0 aliphatic carbocycles. The van der Waals surface area contributed by atoms with Crippen molar-refractivity contribution in [1.29, 1.82) is 0 Å². The third-order valence-corrected chi connectivity index (χ3v) is 2.34. The number of phenols is 1. The predicted octanol–water partition coefficient (Wildman–Crippen LogP) is 1.74. The van der Waals surface area contributed by atoms with Gasteiger partial charge in [0.2, 0.25) is 0 Å². The second-order valence-electron chi connectivity index (χ2n) is 3.62. The van der Waals surface area contributed by atoms with Gasteiger partial charge in [-0.1, -0.05) is 13.0 Å². The number of benzene rings is 1. The van der Waals surface area contributed by atoms with Crippen LogP contribution >= 0.6 is 0 Å². The van der Waals surface area contributed by atoms with Gasteiger partial charge < -0.3 is 15.2 Å². The predicted molar refractivity (Wildman–Crippen MR) is 61.1 cm³/mol. The van der Waals surface area contributed by atoms with Gasteiger partial charge in [-0.15, -0.1) is 0 Å². The molecule has 0 heterocycles. The van der Waals surface area contributed by atoms with Crippen molar-refractivity contribution >= 4 is 5.97 Å². The van der Waals surface area contributed by atoms with Gasteiger partial charge in [-0.3, -0.25) is 0 Å². The van der Waals surface area contributed by atoms with E-state index in [1.54, 1.807) is 0 Å². The molecule has 0 saturated heterocycles. The Hall–Kier alpha value is -1.62. The summed E-state index contributed by atoms with van der Waals surface area (Å²) in [6, 6.07) is 3.12. The lowest BCUT2D eigenvalue weighted by molar-refractivity contribution is -0.143. The van der Waals surface area contributed by atoms with Crippen LogP contribution in [0.4, 0.5) is 4.39 Å². The molecule has 0 radical (unpaired) electrons. The topological polar surface area (TPSA) is 58.6 Å². The molecule has 0 spiro atoms. The Morgan fingerprint density at radius 2 is 2.29 bits per heavy atom. The van der Waals surface area contributed by atoms with Crippen LogP contribution in [0.1, 0.15) is 24.9 Å². The number of halogens is 1. The molecule has 0 bridgehead atoms. The summed E-state index contributed by atoms with van der Waals surface area (Å²) < 4.78 is 17.8. The average Bonchev–Trinajstić information content (AvgIpc) is 2.33. The third kappa shape index (κ3) is 3.42. The number of hydrogen-bond acceptors (Lipinski definition) is 4. The first-order chi connectivity index (χ1) is 8.10. The zero-order valence-electron chi connectivity index (χ0n) is 9.87. The number of ether oxygens (including phenoxy) is 1. The summed E-state index contributed by atoms with van der Waals surface area (Å²) in [5.41, 5.74) is 0.431. The van der Waals surface area contributed by atoms with Crippen LogP contribution in [0.25, 0.3) is 0 Å². The number of hydrogen-bond donors (Lipinski definition) is 2. The number of carbonyl (C=O) groups excluding carboxylic acids is 1. The van der Waals surface area contributed by atoms with Gasteiger partial charge in [0, 0.05) is 0 Å².